The number of nitrogens with one attached hydrogen (secondary N) is 1. The topological polar surface area (TPSA) is 100 Å². The molecular formula is C19H17F6N5O3. The third-order valence-corrected chi connectivity index (χ3v) is 4.38. The number of halogens is 6. The van der Waals surface area contributed by atoms with E-state index in [9.17, 15) is 41.3 Å². The molecule has 0 unspecified atom stereocenters. The normalized spacial score (nSPS) is 12.1. The lowest BCUT2D eigenvalue weighted by molar-refractivity contribution is -0.384. The molecular weight excluding hydrogens is 460 g/mol. The number of nitro groups is 1. The summed E-state index contributed by atoms with van der Waals surface area (Å²) >= 11 is 0. The Balaban J connectivity index is 2.53. The highest BCUT2D eigenvalue weighted by Gasteiger charge is 2.39. The summed E-state index contributed by atoms with van der Waals surface area (Å²) in [4.78, 5) is 23.3. The van der Waals surface area contributed by atoms with E-state index in [2.05, 4.69) is 10.2 Å². The molecule has 2 aromatic rings. The number of alkyl halides is 6. The van der Waals surface area contributed by atoms with Crippen LogP contribution in [-0.4, -0.2) is 30.1 Å². The molecule has 8 nitrogen and oxygen atoms in total. The number of rotatable bonds is 7. The van der Waals surface area contributed by atoms with Crippen molar-refractivity contribution in [1.29, 1.82) is 0 Å². The molecule has 2 aromatic carbocycles. The molecule has 0 bridgehead atoms. The summed E-state index contributed by atoms with van der Waals surface area (Å²) in [6.45, 7) is 4.60. The molecule has 0 atom stereocenters. The predicted molar refractivity (Wildman–Crippen MR) is 107 cm³/mol. The summed E-state index contributed by atoms with van der Waals surface area (Å²) < 4.78 is 76.7. The van der Waals surface area contributed by atoms with Crippen LogP contribution < -0.4 is 10.2 Å². The summed E-state index contributed by atoms with van der Waals surface area (Å²) in [6.07, 6.45) is -10.0. The molecule has 0 radical (unpaired) electrons. The largest absolute Gasteiger partial charge is 0.471 e. The summed E-state index contributed by atoms with van der Waals surface area (Å²) in [7, 11) is 0. The second-order valence-corrected chi connectivity index (χ2v) is 6.48. The first-order chi connectivity index (χ1) is 15.3. The zero-order valence-electron chi connectivity index (χ0n) is 17.2. The van der Waals surface area contributed by atoms with Crippen LogP contribution in [0.4, 0.5) is 54.8 Å². The van der Waals surface area contributed by atoms with Crippen molar-refractivity contribution >= 4 is 34.3 Å². The lowest BCUT2D eigenvalue weighted by atomic mass is 10.1. The SMILES string of the molecule is CCN(CC)c1ccc(N=Nc2ccc(C(F)(F)F)cc2[N+](=O)[O-])c(NC(=O)C(F)(F)F)c1. The highest BCUT2D eigenvalue weighted by molar-refractivity contribution is 5.97. The Morgan fingerprint density at radius 2 is 1.58 bits per heavy atom. The molecule has 1 amide bonds. The minimum absolute atomic E-state index is 0.268. The summed E-state index contributed by atoms with van der Waals surface area (Å²) in [5.41, 5.74) is -3.08. The summed E-state index contributed by atoms with van der Waals surface area (Å²) in [5, 5.41) is 20.0. The van der Waals surface area contributed by atoms with Crippen molar-refractivity contribution < 1.29 is 36.1 Å². The molecule has 14 heteroatoms. The average Bonchev–Trinajstić information content (AvgIpc) is 2.72. The van der Waals surface area contributed by atoms with E-state index in [0.29, 0.717) is 30.9 Å². The monoisotopic (exact) mass is 477 g/mol. The molecule has 1 N–H and O–H groups in total. The van der Waals surface area contributed by atoms with Crippen molar-refractivity contribution in [2.45, 2.75) is 26.2 Å². The smallest absolute Gasteiger partial charge is 0.372 e. The van der Waals surface area contributed by atoms with Gasteiger partial charge in [-0.2, -0.15) is 26.3 Å². The fourth-order valence-corrected chi connectivity index (χ4v) is 2.73. The average molecular weight is 477 g/mol. The van der Waals surface area contributed by atoms with Crippen LogP contribution in [-0.2, 0) is 11.0 Å². The molecule has 0 fully saturated rings. The maximum Gasteiger partial charge on any atom is 0.471 e. The Morgan fingerprint density at radius 1 is 1.00 bits per heavy atom. The fraction of sp³-hybridized carbons (Fsp3) is 0.316. The van der Waals surface area contributed by atoms with Crippen LogP contribution in [0.1, 0.15) is 19.4 Å². The van der Waals surface area contributed by atoms with Gasteiger partial charge in [-0.15, -0.1) is 10.2 Å². The van der Waals surface area contributed by atoms with Crippen molar-refractivity contribution in [3.05, 3.63) is 52.1 Å². The van der Waals surface area contributed by atoms with Crippen molar-refractivity contribution in [2.24, 2.45) is 10.2 Å². The Morgan fingerprint density at radius 3 is 2.09 bits per heavy atom. The minimum Gasteiger partial charge on any atom is -0.372 e. The van der Waals surface area contributed by atoms with Crippen LogP contribution >= 0.6 is 0 Å². The van der Waals surface area contributed by atoms with E-state index in [1.165, 1.54) is 18.2 Å². The van der Waals surface area contributed by atoms with Gasteiger partial charge >= 0.3 is 18.3 Å². The zero-order chi connectivity index (χ0) is 25.0. The molecule has 0 heterocycles. The second-order valence-electron chi connectivity index (χ2n) is 6.48. The van der Waals surface area contributed by atoms with Gasteiger partial charge < -0.3 is 10.2 Å². The Kier molecular flexibility index (Phi) is 7.61. The first-order valence-corrected chi connectivity index (χ1v) is 9.32. The molecule has 0 aliphatic heterocycles. The Bertz CT molecular complexity index is 1060. The van der Waals surface area contributed by atoms with Crippen LogP contribution in [0.15, 0.2) is 46.6 Å². The molecule has 0 saturated carbocycles. The van der Waals surface area contributed by atoms with Gasteiger partial charge in [0.2, 0.25) is 0 Å². The number of benzene rings is 2. The maximum atomic E-state index is 12.8. The number of hydrogen-bond donors (Lipinski definition) is 1. The minimum atomic E-state index is -5.20. The van der Waals surface area contributed by atoms with E-state index in [4.69, 9.17) is 0 Å². The number of carbonyl (C=O) groups is 1. The van der Waals surface area contributed by atoms with Crippen molar-refractivity contribution in [1.82, 2.24) is 0 Å². The number of hydrogen-bond acceptors (Lipinski definition) is 6. The fourth-order valence-electron chi connectivity index (χ4n) is 2.73. The molecule has 0 spiro atoms. The van der Waals surface area contributed by atoms with Crippen molar-refractivity contribution in [3.8, 4) is 0 Å². The highest BCUT2D eigenvalue weighted by Crippen LogP contribution is 2.38. The number of amides is 1. The first kappa shape index (κ1) is 25.5. The quantitative estimate of drug-likeness (QED) is 0.217. The Hall–Kier alpha value is -3.71. The molecule has 33 heavy (non-hydrogen) atoms. The van der Waals surface area contributed by atoms with Gasteiger partial charge in [0.15, 0.2) is 5.69 Å². The van der Waals surface area contributed by atoms with Crippen molar-refractivity contribution in [3.63, 3.8) is 0 Å². The molecule has 0 saturated heterocycles. The predicted octanol–water partition coefficient (Wildman–Crippen LogP) is 6.38. The zero-order valence-corrected chi connectivity index (χ0v) is 17.2. The first-order valence-electron chi connectivity index (χ1n) is 9.32. The number of nitrogens with zero attached hydrogens (tertiary/aromatic N) is 4. The number of nitro benzene ring substituents is 1. The molecule has 0 aliphatic carbocycles. The van der Waals surface area contributed by atoms with E-state index < -0.39 is 40.1 Å². The molecule has 2 rings (SSSR count). The van der Waals surface area contributed by atoms with E-state index >= 15 is 0 Å². The summed E-state index contributed by atoms with van der Waals surface area (Å²) in [6, 6.07) is 5.45. The van der Waals surface area contributed by atoms with E-state index in [0.717, 1.165) is 0 Å². The van der Waals surface area contributed by atoms with E-state index in [1.807, 2.05) is 0 Å². The molecule has 0 aromatic heterocycles. The standard InChI is InChI=1S/C19H17F6N5O3/c1-3-29(4-2)12-6-8-13(15(10-12)26-17(31)19(23,24)25)27-28-14-7-5-11(18(20,21)22)9-16(14)30(32)33/h5-10H,3-4H2,1-2H3,(H,26,31). The second kappa shape index (κ2) is 9.83. The van der Waals surface area contributed by atoms with Crippen LogP contribution in [0.25, 0.3) is 0 Å². The summed E-state index contributed by atoms with van der Waals surface area (Å²) in [5.74, 6) is -2.28. The van der Waals surface area contributed by atoms with Gasteiger partial charge in [0.05, 0.1) is 16.2 Å². The van der Waals surface area contributed by atoms with Crippen LogP contribution in [0, 0.1) is 10.1 Å². The van der Waals surface area contributed by atoms with E-state index in [-0.39, 0.29) is 17.4 Å². The number of anilines is 2. The molecule has 178 valence electrons. The van der Waals surface area contributed by atoms with Gasteiger partial charge in [-0.1, -0.05) is 0 Å². The van der Waals surface area contributed by atoms with Crippen LogP contribution in [0.5, 0.6) is 0 Å². The third kappa shape index (κ3) is 6.40. The van der Waals surface area contributed by atoms with Crippen LogP contribution in [0.2, 0.25) is 0 Å². The van der Waals surface area contributed by atoms with Gasteiger partial charge in [-0.25, -0.2) is 0 Å². The van der Waals surface area contributed by atoms with Gasteiger partial charge in [-0.05, 0) is 44.2 Å². The highest BCUT2D eigenvalue weighted by atomic mass is 19.4. The van der Waals surface area contributed by atoms with Gasteiger partial charge in [0, 0.05) is 24.8 Å². The van der Waals surface area contributed by atoms with Gasteiger partial charge in [-0.3, -0.25) is 14.9 Å². The van der Waals surface area contributed by atoms with Crippen molar-refractivity contribution in [2.75, 3.05) is 23.3 Å². The lowest BCUT2D eigenvalue weighted by Gasteiger charge is -2.22. The maximum absolute atomic E-state index is 12.8. The van der Waals surface area contributed by atoms with Crippen LogP contribution in [0.3, 0.4) is 0 Å². The lowest BCUT2D eigenvalue weighted by Crippen LogP contribution is -2.30. The Labute approximate surface area is 183 Å². The van der Waals surface area contributed by atoms with E-state index in [1.54, 1.807) is 24.1 Å². The van der Waals surface area contributed by atoms with Gasteiger partial charge in [0.25, 0.3) is 5.69 Å². The third-order valence-electron chi connectivity index (χ3n) is 4.38. The number of carbonyl (C=O) groups excluding carboxylic acids is 1. The molecule has 0 aliphatic rings. The van der Waals surface area contributed by atoms with Gasteiger partial charge in [0.1, 0.15) is 5.69 Å². The number of azo groups is 1.